The first-order valence-electron chi connectivity index (χ1n) is 10.0. The average molecular weight is 393 g/mol. The fraction of sp³-hybridized carbons (Fsp3) is 0.348. The molecule has 1 aromatic heterocycles. The number of anilines is 1. The number of carbonyl (C=O) groups is 2. The molecule has 1 heterocycles. The van der Waals surface area contributed by atoms with E-state index in [-0.39, 0.29) is 17.7 Å². The van der Waals surface area contributed by atoms with Crippen molar-refractivity contribution in [3.8, 4) is 0 Å². The number of carbonyl (C=O) groups excluding carboxylic acids is 2. The summed E-state index contributed by atoms with van der Waals surface area (Å²) in [4.78, 5) is 30.4. The zero-order valence-corrected chi connectivity index (χ0v) is 17.4. The molecule has 1 unspecified atom stereocenters. The van der Waals surface area contributed by atoms with E-state index in [4.69, 9.17) is 0 Å². The lowest BCUT2D eigenvalue weighted by Crippen LogP contribution is -2.45. The molecular weight excluding hydrogens is 364 g/mol. The summed E-state index contributed by atoms with van der Waals surface area (Å²) in [7, 11) is 0. The van der Waals surface area contributed by atoms with Crippen molar-refractivity contribution < 1.29 is 9.59 Å². The van der Waals surface area contributed by atoms with Crippen LogP contribution in [0.4, 0.5) is 5.95 Å². The lowest BCUT2D eigenvalue weighted by Gasteiger charge is -2.20. The van der Waals surface area contributed by atoms with Crippen LogP contribution < -0.4 is 10.6 Å². The molecule has 29 heavy (non-hydrogen) atoms. The third-order valence-electron chi connectivity index (χ3n) is 4.92. The lowest BCUT2D eigenvalue weighted by atomic mass is 10.0. The van der Waals surface area contributed by atoms with Crippen LogP contribution in [0, 0.1) is 12.8 Å². The molecule has 0 radical (unpaired) electrons. The van der Waals surface area contributed by atoms with E-state index in [2.05, 4.69) is 15.6 Å². The maximum atomic E-state index is 13.1. The predicted octanol–water partition coefficient (Wildman–Crippen LogP) is 4.15. The van der Waals surface area contributed by atoms with Crippen molar-refractivity contribution >= 4 is 28.8 Å². The van der Waals surface area contributed by atoms with Gasteiger partial charge in [-0.15, -0.1) is 0 Å². The van der Waals surface area contributed by atoms with E-state index >= 15 is 0 Å². The zero-order chi connectivity index (χ0) is 21.0. The van der Waals surface area contributed by atoms with Crippen molar-refractivity contribution in [1.29, 1.82) is 0 Å². The number of hydrogen-bond acceptors (Lipinski definition) is 3. The van der Waals surface area contributed by atoms with Gasteiger partial charge in [-0.25, -0.2) is 4.98 Å². The Bertz CT molecular complexity index is 1020. The van der Waals surface area contributed by atoms with E-state index in [9.17, 15) is 9.59 Å². The molecule has 3 rings (SSSR count). The first-order valence-corrected chi connectivity index (χ1v) is 10.0. The van der Waals surface area contributed by atoms with Crippen LogP contribution in [0.3, 0.4) is 0 Å². The van der Waals surface area contributed by atoms with E-state index < -0.39 is 6.04 Å². The Balaban J connectivity index is 1.83. The molecule has 0 spiro atoms. The number of benzene rings is 2. The molecule has 0 bridgehead atoms. The van der Waals surface area contributed by atoms with Crippen molar-refractivity contribution in [2.45, 2.75) is 46.7 Å². The molecule has 0 fully saturated rings. The molecule has 0 aliphatic carbocycles. The number of para-hydroxylation sites is 2. The van der Waals surface area contributed by atoms with Gasteiger partial charge in [0.1, 0.15) is 6.04 Å². The van der Waals surface area contributed by atoms with Gasteiger partial charge in [-0.3, -0.25) is 14.9 Å². The largest absolute Gasteiger partial charge is 0.340 e. The number of nitrogens with zero attached hydrogens (tertiary/aromatic N) is 2. The van der Waals surface area contributed by atoms with E-state index in [0.29, 0.717) is 24.5 Å². The highest BCUT2D eigenvalue weighted by atomic mass is 16.2. The van der Waals surface area contributed by atoms with Gasteiger partial charge in [-0.1, -0.05) is 44.2 Å². The van der Waals surface area contributed by atoms with Gasteiger partial charge in [0.05, 0.1) is 11.0 Å². The third kappa shape index (κ3) is 4.65. The molecular formula is C23H28N4O2. The van der Waals surface area contributed by atoms with Gasteiger partial charge >= 0.3 is 0 Å². The standard InChI is InChI=1S/C23H28N4O2/c1-5-27-20-13-9-8-12-18(20)25-23(27)26-22(29)19(14-15(2)3)24-21(28)17-11-7-6-10-16(17)4/h6-13,15,19H,5,14H2,1-4H3,(H,24,28)(H,25,26,29). The summed E-state index contributed by atoms with van der Waals surface area (Å²) in [5, 5.41) is 5.83. The zero-order valence-electron chi connectivity index (χ0n) is 17.4. The third-order valence-corrected chi connectivity index (χ3v) is 4.92. The maximum absolute atomic E-state index is 13.1. The molecule has 3 aromatic rings. The van der Waals surface area contributed by atoms with Crippen LogP contribution in [0.5, 0.6) is 0 Å². The molecule has 0 aliphatic heterocycles. The lowest BCUT2D eigenvalue weighted by molar-refractivity contribution is -0.118. The average Bonchev–Trinajstić information content (AvgIpc) is 3.04. The summed E-state index contributed by atoms with van der Waals surface area (Å²) < 4.78 is 1.96. The first-order chi connectivity index (χ1) is 13.9. The van der Waals surface area contributed by atoms with Crippen molar-refractivity contribution in [1.82, 2.24) is 14.9 Å². The molecule has 1 atom stereocenters. The van der Waals surface area contributed by atoms with Crippen LogP contribution >= 0.6 is 0 Å². The monoisotopic (exact) mass is 392 g/mol. The molecule has 2 N–H and O–H groups in total. The Labute approximate surface area is 171 Å². The van der Waals surface area contributed by atoms with Gasteiger partial charge < -0.3 is 9.88 Å². The number of hydrogen-bond donors (Lipinski definition) is 2. The first kappa shape index (κ1) is 20.6. The van der Waals surface area contributed by atoms with Crippen molar-refractivity contribution in [3.05, 3.63) is 59.7 Å². The minimum atomic E-state index is -0.646. The molecule has 6 heteroatoms. The molecule has 0 saturated carbocycles. The topological polar surface area (TPSA) is 76.0 Å². The van der Waals surface area contributed by atoms with Crippen molar-refractivity contribution in [3.63, 3.8) is 0 Å². The highest BCUT2D eigenvalue weighted by Gasteiger charge is 2.24. The van der Waals surface area contributed by atoms with Gasteiger partial charge in [0, 0.05) is 12.1 Å². The summed E-state index contributed by atoms with van der Waals surface area (Å²) >= 11 is 0. The minimum absolute atomic E-state index is 0.243. The number of fused-ring (bicyclic) bond motifs is 1. The normalized spacial score (nSPS) is 12.2. The highest BCUT2D eigenvalue weighted by molar-refractivity contribution is 6.01. The fourth-order valence-electron chi connectivity index (χ4n) is 3.45. The Morgan fingerprint density at radius 2 is 1.76 bits per heavy atom. The summed E-state index contributed by atoms with van der Waals surface area (Å²) in [6.07, 6.45) is 0.538. The summed E-state index contributed by atoms with van der Waals surface area (Å²) in [6, 6.07) is 14.5. The van der Waals surface area contributed by atoms with Gasteiger partial charge in [0.2, 0.25) is 11.9 Å². The van der Waals surface area contributed by atoms with Crippen molar-refractivity contribution in [2.75, 3.05) is 5.32 Å². The van der Waals surface area contributed by atoms with Gasteiger partial charge in [-0.05, 0) is 49.9 Å². The smallest absolute Gasteiger partial charge is 0.252 e. The van der Waals surface area contributed by atoms with Crippen molar-refractivity contribution in [2.24, 2.45) is 5.92 Å². The second kappa shape index (κ2) is 8.90. The number of amides is 2. The van der Waals surface area contributed by atoms with E-state index in [1.54, 1.807) is 6.07 Å². The van der Waals surface area contributed by atoms with Crippen LogP contribution in [-0.4, -0.2) is 27.4 Å². The molecule has 152 valence electrons. The van der Waals surface area contributed by atoms with Crippen LogP contribution in [0.2, 0.25) is 0 Å². The summed E-state index contributed by atoms with van der Waals surface area (Å²) in [6.45, 7) is 8.63. The summed E-state index contributed by atoms with van der Waals surface area (Å²) in [5.41, 5.74) is 3.25. The molecule has 6 nitrogen and oxygen atoms in total. The Hall–Kier alpha value is -3.15. The van der Waals surface area contributed by atoms with Gasteiger partial charge in [0.25, 0.3) is 5.91 Å². The number of aryl methyl sites for hydroxylation is 2. The number of nitrogens with one attached hydrogen (secondary N) is 2. The molecule has 2 amide bonds. The van der Waals surface area contributed by atoms with Crippen LogP contribution in [0.25, 0.3) is 11.0 Å². The van der Waals surface area contributed by atoms with Crippen LogP contribution in [0.1, 0.15) is 43.1 Å². The van der Waals surface area contributed by atoms with E-state index in [1.807, 2.05) is 74.7 Å². The SMILES string of the molecule is CCn1c(NC(=O)C(CC(C)C)NC(=O)c2ccccc2C)nc2ccccc21. The maximum Gasteiger partial charge on any atom is 0.252 e. The minimum Gasteiger partial charge on any atom is -0.340 e. The van der Waals surface area contributed by atoms with E-state index in [0.717, 1.165) is 16.6 Å². The number of imidazole rings is 1. The Morgan fingerprint density at radius 1 is 1.07 bits per heavy atom. The number of rotatable bonds is 7. The highest BCUT2D eigenvalue weighted by Crippen LogP contribution is 2.20. The Kier molecular flexibility index (Phi) is 6.32. The van der Waals surface area contributed by atoms with Crippen LogP contribution in [0.15, 0.2) is 48.5 Å². The second-order valence-electron chi connectivity index (χ2n) is 7.63. The molecule has 2 aromatic carbocycles. The second-order valence-corrected chi connectivity index (χ2v) is 7.63. The fourth-order valence-corrected chi connectivity index (χ4v) is 3.45. The van der Waals surface area contributed by atoms with Crippen LogP contribution in [-0.2, 0) is 11.3 Å². The van der Waals surface area contributed by atoms with Gasteiger partial charge in [-0.2, -0.15) is 0 Å². The predicted molar refractivity (Wildman–Crippen MR) is 116 cm³/mol. The van der Waals surface area contributed by atoms with E-state index in [1.165, 1.54) is 0 Å². The molecule has 0 aliphatic rings. The Morgan fingerprint density at radius 3 is 2.45 bits per heavy atom. The number of aromatic nitrogens is 2. The molecule has 0 saturated heterocycles. The quantitative estimate of drug-likeness (QED) is 0.634. The van der Waals surface area contributed by atoms with Gasteiger partial charge in [0.15, 0.2) is 0 Å². The summed E-state index contributed by atoms with van der Waals surface area (Å²) in [5.74, 6) is 0.240.